The molecule has 1 unspecified atom stereocenters. The first-order valence-electron chi connectivity index (χ1n) is 5.95. The molecule has 1 saturated heterocycles. The number of ether oxygens (including phenoxy) is 2. The van der Waals surface area contributed by atoms with Crippen LogP contribution in [0.1, 0.15) is 5.56 Å². The lowest BCUT2D eigenvalue weighted by Crippen LogP contribution is -2.42. The Hall–Kier alpha value is -0.290. The van der Waals surface area contributed by atoms with Crippen molar-refractivity contribution in [2.75, 3.05) is 32.7 Å². The molecule has 2 rings (SSSR count). The SMILES string of the molecule is COc1ccc(Br)cc1CN1CCOC(CCl)C1. The summed E-state index contributed by atoms with van der Waals surface area (Å²) in [5, 5.41) is 0. The van der Waals surface area contributed by atoms with Crippen molar-refractivity contribution in [1.29, 1.82) is 0 Å². The van der Waals surface area contributed by atoms with Gasteiger partial charge < -0.3 is 9.47 Å². The van der Waals surface area contributed by atoms with Gasteiger partial charge in [0.15, 0.2) is 0 Å². The number of halogens is 2. The van der Waals surface area contributed by atoms with Gasteiger partial charge in [0.1, 0.15) is 5.75 Å². The zero-order valence-electron chi connectivity index (χ0n) is 10.4. The Morgan fingerprint density at radius 2 is 2.39 bits per heavy atom. The van der Waals surface area contributed by atoms with Crippen LogP contribution in [0.4, 0.5) is 0 Å². The van der Waals surface area contributed by atoms with Gasteiger partial charge in [0.25, 0.3) is 0 Å². The van der Waals surface area contributed by atoms with Crippen molar-refractivity contribution < 1.29 is 9.47 Å². The summed E-state index contributed by atoms with van der Waals surface area (Å²) in [5.74, 6) is 1.47. The van der Waals surface area contributed by atoms with Crippen LogP contribution in [0, 0.1) is 0 Å². The smallest absolute Gasteiger partial charge is 0.123 e. The third-order valence-electron chi connectivity index (χ3n) is 3.03. The third kappa shape index (κ3) is 3.60. The molecule has 1 heterocycles. The quantitative estimate of drug-likeness (QED) is 0.790. The second kappa shape index (κ2) is 6.75. The van der Waals surface area contributed by atoms with E-state index in [9.17, 15) is 0 Å². The molecule has 18 heavy (non-hydrogen) atoms. The number of benzene rings is 1. The van der Waals surface area contributed by atoms with Crippen molar-refractivity contribution in [2.24, 2.45) is 0 Å². The molecule has 3 nitrogen and oxygen atoms in total. The van der Waals surface area contributed by atoms with Crippen LogP contribution in [0.5, 0.6) is 5.75 Å². The van der Waals surface area contributed by atoms with Crippen molar-refractivity contribution >= 4 is 27.5 Å². The molecule has 1 aliphatic heterocycles. The van der Waals surface area contributed by atoms with Crippen molar-refractivity contribution in [1.82, 2.24) is 4.90 Å². The summed E-state index contributed by atoms with van der Waals surface area (Å²) in [7, 11) is 1.70. The minimum Gasteiger partial charge on any atom is -0.496 e. The van der Waals surface area contributed by atoms with Crippen LogP contribution in [-0.4, -0.2) is 43.7 Å². The van der Waals surface area contributed by atoms with Gasteiger partial charge in [0.05, 0.1) is 19.8 Å². The molecule has 0 saturated carbocycles. The molecule has 0 spiro atoms. The Morgan fingerprint density at radius 1 is 1.56 bits per heavy atom. The first kappa shape index (κ1) is 14.1. The monoisotopic (exact) mass is 333 g/mol. The number of hydrogen-bond acceptors (Lipinski definition) is 3. The number of rotatable bonds is 4. The van der Waals surface area contributed by atoms with Crippen LogP contribution in [-0.2, 0) is 11.3 Å². The number of alkyl halides is 1. The molecule has 100 valence electrons. The van der Waals surface area contributed by atoms with Crippen LogP contribution < -0.4 is 4.74 Å². The fraction of sp³-hybridized carbons (Fsp3) is 0.538. The lowest BCUT2D eigenvalue weighted by molar-refractivity contribution is -0.0195. The highest BCUT2D eigenvalue weighted by atomic mass is 79.9. The van der Waals surface area contributed by atoms with Crippen molar-refractivity contribution in [3.8, 4) is 5.75 Å². The number of hydrogen-bond donors (Lipinski definition) is 0. The first-order chi connectivity index (χ1) is 8.72. The van der Waals surface area contributed by atoms with E-state index in [1.54, 1.807) is 7.11 Å². The maximum Gasteiger partial charge on any atom is 0.123 e. The van der Waals surface area contributed by atoms with Gasteiger partial charge in [0.2, 0.25) is 0 Å². The minimum atomic E-state index is 0.138. The second-order valence-electron chi connectivity index (χ2n) is 4.34. The predicted octanol–water partition coefficient (Wildman–Crippen LogP) is 2.90. The molecular weight excluding hydrogens is 318 g/mol. The molecule has 1 aliphatic rings. The largest absolute Gasteiger partial charge is 0.496 e. The van der Waals surface area contributed by atoms with E-state index < -0.39 is 0 Å². The average Bonchev–Trinajstić information content (AvgIpc) is 2.39. The maximum atomic E-state index is 5.85. The van der Waals surface area contributed by atoms with E-state index in [2.05, 4.69) is 26.9 Å². The summed E-state index contributed by atoms with van der Waals surface area (Å²) in [6, 6.07) is 6.08. The molecule has 1 fully saturated rings. The maximum absolute atomic E-state index is 5.85. The van der Waals surface area contributed by atoms with Crippen LogP contribution in [0.15, 0.2) is 22.7 Å². The van der Waals surface area contributed by atoms with Gasteiger partial charge in [-0.3, -0.25) is 4.90 Å². The zero-order chi connectivity index (χ0) is 13.0. The summed E-state index contributed by atoms with van der Waals surface area (Å²) in [4.78, 5) is 2.35. The fourth-order valence-corrected chi connectivity index (χ4v) is 2.72. The van der Waals surface area contributed by atoms with E-state index in [1.807, 2.05) is 12.1 Å². The molecule has 1 aromatic carbocycles. The molecule has 0 aliphatic carbocycles. The third-order valence-corrected chi connectivity index (χ3v) is 3.87. The summed E-state index contributed by atoms with van der Waals surface area (Å²) in [6.07, 6.45) is 0.138. The van der Waals surface area contributed by atoms with Crippen molar-refractivity contribution in [2.45, 2.75) is 12.6 Å². The normalized spacial score (nSPS) is 20.9. The summed E-state index contributed by atoms with van der Waals surface area (Å²) in [5.41, 5.74) is 1.18. The molecule has 0 radical (unpaired) electrons. The van der Waals surface area contributed by atoms with E-state index in [-0.39, 0.29) is 6.10 Å². The van der Waals surface area contributed by atoms with Gasteiger partial charge in [-0.1, -0.05) is 15.9 Å². The lowest BCUT2D eigenvalue weighted by Gasteiger charge is -2.32. The Balaban J connectivity index is 2.06. The van der Waals surface area contributed by atoms with Gasteiger partial charge in [0, 0.05) is 35.6 Å². The Bertz CT molecular complexity index is 403. The van der Waals surface area contributed by atoms with Crippen molar-refractivity contribution in [3.05, 3.63) is 28.2 Å². The van der Waals surface area contributed by atoms with Gasteiger partial charge >= 0.3 is 0 Å². The predicted molar refractivity (Wildman–Crippen MR) is 76.4 cm³/mol. The molecular formula is C13H17BrClNO2. The Kier molecular flexibility index (Phi) is 5.30. The van der Waals surface area contributed by atoms with E-state index >= 15 is 0 Å². The summed E-state index contributed by atoms with van der Waals surface area (Å²) in [6.45, 7) is 3.41. The number of morpholine rings is 1. The second-order valence-corrected chi connectivity index (χ2v) is 5.56. The zero-order valence-corrected chi connectivity index (χ0v) is 12.7. The first-order valence-corrected chi connectivity index (χ1v) is 7.28. The molecule has 0 amide bonds. The molecule has 1 aromatic rings. The molecule has 0 aromatic heterocycles. The summed E-state index contributed by atoms with van der Waals surface area (Å²) >= 11 is 9.34. The lowest BCUT2D eigenvalue weighted by atomic mass is 10.1. The summed E-state index contributed by atoms with van der Waals surface area (Å²) < 4.78 is 12.0. The molecule has 5 heteroatoms. The van der Waals surface area contributed by atoms with Gasteiger partial charge in [-0.05, 0) is 18.2 Å². The number of methoxy groups -OCH3 is 1. The van der Waals surface area contributed by atoms with Gasteiger partial charge in [-0.15, -0.1) is 11.6 Å². The van der Waals surface area contributed by atoms with E-state index in [1.165, 1.54) is 5.56 Å². The Morgan fingerprint density at radius 3 is 3.11 bits per heavy atom. The van der Waals surface area contributed by atoms with Crippen LogP contribution in [0.2, 0.25) is 0 Å². The average molecular weight is 335 g/mol. The minimum absolute atomic E-state index is 0.138. The van der Waals surface area contributed by atoms with Gasteiger partial charge in [-0.2, -0.15) is 0 Å². The van der Waals surface area contributed by atoms with E-state index in [4.69, 9.17) is 21.1 Å². The highest BCUT2D eigenvalue weighted by molar-refractivity contribution is 9.10. The highest BCUT2D eigenvalue weighted by Gasteiger charge is 2.20. The fourth-order valence-electron chi connectivity index (χ4n) is 2.13. The van der Waals surface area contributed by atoms with Crippen LogP contribution in [0.3, 0.4) is 0 Å². The van der Waals surface area contributed by atoms with Crippen molar-refractivity contribution in [3.63, 3.8) is 0 Å². The Labute approximate surface area is 121 Å². The molecule has 1 atom stereocenters. The number of nitrogens with zero attached hydrogens (tertiary/aromatic N) is 1. The standard InChI is InChI=1S/C13H17BrClNO2/c1-17-13-3-2-11(14)6-10(13)8-16-4-5-18-12(7-15)9-16/h2-3,6,12H,4-5,7-9H2,1H3. The van der Waals surface area contributed by atoms with Crippen LogP contribution in [0.25, 0.3) is 0 Å². The van der Waals surface area contributed by atoms with E-state index in [0.29, 0.717) is 5.88 Å². The van der Waals surface area contributed by atoms with Gasteiger partial charge in [-0.25, -0.2) is 0 Å². The van der Waals surface area contributed by atoms with Crippen LogP contribution >= 0.6 is 27.5 Å². The van der Waals surface area contributed by atoms with E-state index in [0.717, 1.165) is 36.5 Å². The molecule has 0 N–H and O–H groups in total. The topological polar surface area (TPSA) is 21.7 Å². The molecule has 0 bridgehead atoms. The highest BCUT2D eigenvalue weighted by Crippen LogP contribution is 2.25.